The summed E-state index contributed by atoms with van der Waals surface area (Å²) in [6.45, 7) is 0. The van der Waals surface area contributed by atoms with Gasteiger partial charge in [-0.3, -0.25) is 9.78 Å². The van der Waals surface area contributed by atoms with Crippen molar-refractivity contribution in [2.75, 3.05) is 5.73 Å². The largest absolute Gasteiger partial charge is 0.397 e. The highest BCUT2D eigenvalue weighted by Gasteiger charge is 2.33. The number of nitrogen functional groups attached to an aromatic ring is 1. The van der Waals surface area contributed by atoms with Crippen LogP contribution >= 0.6 is 0 Å². The Kier molecular flexibility index (Phi) is 3.86. The summed E-state index contributed by atoms with van der Waals surface area (Å²) in [5.41, 5.74) is 8.13. The third kappa shape index (κ3) is 3.60. The van der Waals surface area contributed by atoms with Crippen molar-refractivity contribution in [3.63, 3.8) is 0 Å². The Bertz CT molecular complexity index is 606. The molecule has 0 radical (unpaired) electrons. The normalized spacial score (nSPS) is 15.4. The minimum Gasteiger partial charge on any atom is -0.397 e. The van der Waals surface area contributed by atoms with Crippen LogP contribution in [-0.4, -0.2) is 10.9 Å². The summed E-state index contributed by atoms with van der Waals surface area (Å²) in [5.74, 6) is 0.573. The maximum atomic E-state index is 12.2. The predicted octanol–water partition coefficient (Wildman–Crippen LogP) is 2.47. The van der Waals surface area contributed by atoms with Crippen molar-refractivity contribution in [3.8, 4) is 0 Å². The maximum Gasteiger partial charge on any atom is 0.226 e. The second-order valence-electron chi connectivity index (χ2n) is 5.55. The van der Waals surface area contributed by atoms with E-state index in [1.54, 1.807) is 18.3 Å². The fourth-order valence-corrected chi connectivity index (χ4v) is 2.49. The SMILES string of the molecule is Nc1ccc(CC(=O)NC(c2ccccc2)C2CC2)nc1. The molecule has 1 aromatic carbocycles. The Morgan fingerprint density at radius 2 is 2.00 bits per heavy atom. The lowest BCUT2D eigenvalue weighted by atomic mass is 10.0. The van der Waals surface area contributed by atoms with Gasteiger partial charge in [-0.05, 0) is 36.5 Å². The first-order valence-corrected chi connectivity index (χ1v) is 7.27. The highest BCUT2D eigenvalue weighted by atomic mass is 16.1. The Morgan fingerprint density at radius 3 is 2.62 bits per heavy atom. The van der Waals surface area contributed by atoms with Gasteiger partial charge >= 0.3 is 0 Å². The molecule has 4 nitrogen and oxygen atoms in total. The van der Waals surface area contributed by atoms with Gasteiger partial charge in [0.15, 0.2) is 0 Å². The molecular weight excluding hydrogens is 262 g/mol. The lowest BCUT2D eigenvalue weighted by Gasteiger charge is -2.18. The van der Waals surface area contributed by atoms with Crippen LogP contribution in [0.1, 0.15) is 30.1 Å². The van der Waals surface area contributed by atoms with Gasteiger partial charge in [-0.2, -0.15) is 0 Å². The fourth-order valence-electron chi connectivity index (χ4n) is 2.49. The van der Waals surface area contributed by atoms with E-state index in [0.29, 0.717) is 11.6 Å². The summed E-state index contributed by atoms with van der Waals surface area (Å²) in [7, 11) is 0. The standard InChI is InChI=1S/C17H19N3O/c18-14-8-9-15(19-11-14)10-16(21)20-17(13-6-7-13)12-4-2-1-3-5-12/h1-5,8-9,11,13,17H,6-7,10,18H2,(H,20,21). The number of benzene rings is 1. The molecule has 108 valence electrons. The number of nitrogens with one attached hydrogen (secondary N) is 1. The fraction of sp³-hybridized carbons (Fsp3) is 0.294. The van der Waals surface area contributed by atoms with Crippen LogP contribution in [0.25, 0.3) is 0 Å². The first-order chi connectivity index (χ1) is 10.2. The van der Waals surface area contributed by atoms with Crippen LogP contribution in [0.15, 0.2) is 48.7 Å². The lowest BCUT2D eigenvalue weighted by molar-refractivity contribution is -0.121. The molecule has 0 spiro atoms. The Labute approximate surface area is 124 Å². The second-order valence-corrected chi connectivity index (χ2v) is 5.55. The number of rotatable bonds is 5. The van der Waals surface area contributed by atoms with Gasteiger partial charge in [0.2, 0.25) is 5.91 Å². The minimum atomic E-state index is 0.00743. The van der Waals surface area contributed by atoms with E-state index in [1.807, 2.05) is 18.2 Å². The van der Waals surface area contributed by atoms with Gasteiger partial charge in [-0.25, -0.2) is 0 Å². The van der Waals surface area contributed by atoms with Crippen LogP contribution in [0.5, 0.6) is 0 Å². The van der Waals surface area contributed by atoms with Crippen molar-refractivity contribution in [3.05, 3.63) is 59.9 Å². The number of aromatic nitrogens is 1. The number of carbonyl (C=O) groups is 1. The summed E-state index contributed by atoms with van der Waals surface area (Å²) in [6, 6.07) is 13.8. The Morgan fingerprint density at radius 1 is 1.24 bits per heavy atom. The van der Waals surface area contributed by atoms with E-state index in [0.717, 1.165) is 5.69 Å². The van der Waals surface area contributed by atoms with E-state index in [9.17, 15) is 4.79 Å². The molecule has 1 fully saturated rings. The van der Waals surface area contributed by atoms with Crippen molar-refractivity contribution in [1.82, 2.24) is 10.3 Å². The summed E-state index contributed by atoms with van der Waals surface area (Å²) < 4.78 is 0. The van der Waals surface area contributed by atoms with Crippen molar-refractivity contribution in [1.29, 1.82) is 0 Å². The first kappa shape index (κ1) is 13.6. The number of carbonyl (C=O) groups excluding carboxylic acids is 1. The number of pyridine rings is 1. The summed E-state index contributed by atoms with van der Waals surface area (Å²) in [4.78, 5) is 16.4. The number of nitrogens with two attached hydrogens (primary N) is 1. The zero-order chi connectivity index (χ0) is 14.7. The number of amides is 1. The lowest BCUT2D eigenvalue weighted by Crippen LogP contribution is -2.31. The molecule has 1 saturated carbocycles. The summed E-state index contributed by atoms with van der Waals surface area (Å²) in [5, 5.41) is 3.15. The molecule has 0 bridgehead atoms. The van der Waals surface area contributed by atoms with Crippen molar-refractivity contribution in [2.45, 2.75) is 25.3 Å². The van der Waals surface area contributed by atoms with Crippen LogP contribution in [-0.2, 0) is 11.2 Å². The monoisotopic (exact) mass is 281 g/mol. The van der Waals surface area contributed by atoms with Gasteiger partial charge in [0, 0.05) is 5.69 Å². The molecule has 3 rings (SSSR count). The van der Waals surface area contributed by atoms with E-state index >= 15 is 0 Å². The highest BCUT2D eigenvalue weighted by Crippen LogP contribution is 2.40. The molecule has 1 aliphatic rings. The maximum absolute atomic E-state index is 12.2. The summed E-state index contributed by atoms with van der Waals surface area (Å²) >= 11 is 0. The van der Waals surface area contributed by atoms with Crippen LogP contribution in [0.3, 0.4) is 0 Å². The Hall–Kier alpha value is -2.36. The molecule has 1 unspecified atom stereocenters. The van der Waals surface area contributed by atoms with E-state index in [4.69, 9.17) is 5.73 Å². The van der Waals surface area contributed by atoms with Crippen molar-refractivity contribution in [2.24, 2.45) is 5.92 Å². The van der Waals surface area contributed by atoms with Gasteiger partial charge in [0.1, 0.15) is 0 Å². The second kappa shape index (κ2) is 5.95. The molecule has 1 aliphatic carbocycles. The van der Waals surface area contributed by atoms with E-state index < -0.39 is 0 Å². The Balaban J connectivity index is 1.66. The predicted molar refractivity (Wildman–Crippen MR) is 82.4 cm³/mol. The molecule has 2 aromatic rings. The van der Waals surface area contributed by atoms with Crippen LogP contribution in [0.4, 0.5) is 5.69 Å². The number of hydrogen-bond donors (Lipinski definition) is 2. The summed E-state index contributed by atoms with van der Waals surface area (Å²) in [6.07, 6.45) is 4.23. The molecule has 4 heteroatoms. The smallest absolute Gasteiger partial charge is 0.226 e. The topological polar surface area (TPSA) is 68.0 Å². The average molecular weight is 281 g/mol. The number of hydrogen-bond acceptors (Lipinski definition) is 3. The molecular formula is C17H19N3O. The molecule has 1 atom stereocenters. The number of anilines is 1. The van der Waals surface area contributed by atoms with Gasteiger partial charge in [-0.1, -0.05) is 30.3 Å². The van der Waals surface area contributed by atoms with Crippen molar-refractivity contribution < 1.29 is 4.79 Å². The molecule has 3 N–H and O–H groups in total. The molecule has 1 aromatic heterocycles. The zero-order valence-electron chi connectivity index (χ0n) is 11.8. The van der Waals surface area contributed by atoms with Crippen molar-refractivity contribution >= 4 is 11.6 Å². The van der Waals surface area contributed by atoms with E-state index in [-0.39, 0.29) is 18.4 Å². The highest BCUT2D eigenvalue weighted by molar-refractivity contribution is 5.78. The van der Waals surface area contributed by atoms with Gasteiger partial charge in [0.25, 0.3) is 0 Å². The molecule has 0 aliphatic heterocycles. The minimum absolute atomic E-state index is 0.00743. The van der Waals surface area contributed by atoms with E-state index in [1.165, 1.54) is 18.4 Å². The quantitative estimate of drug-likeness (QED) is 0.884. The molecule has 1 heterocycles. The van der Waals surface area contributed by atoms with Crippen LogP contribution < -0.4 is 11.1 Å². The van der Waals surface area contributed by atoms with E-state index in [2.05, 4.69) is 22.4 Å². The first-order valence-electron chi connectivity index (χ1n) is 7.27. The zero-order valence-corrected chi connectivity index (χ0v) is 11.8. The molecule has 21 heavy (non-hydrogen) atoms. The number of nitrogens with zero attached hydrogens (tertiary/aromatic N) is 1. The van der Waals surface area contributed by atoms with Gasteiger partial charge < -0.3 is 11.1 Å². The van der Waals surface area contributed by atoms with Gasteiger partial charge in [-0.15, -0.1) is 0 Å². The molecule has 1 amide bonds. The van der Waals surface area contributed by atoms with Gasteiger partial charge in [0.05, 0.1) is 24.3 Å². The third-order valence-corrected chi connectivity index (χ3v) is 3.76. The third-order valence-electron chi connectivity index (χ3n) is 3.76. The average Bonchev–Trinajstić information content (AvgIpc) is 3.33. The van der Waals surface area contributed by atoms with Crippen LogP contribution in [0.2, 0.25) is 0 Å². The van der Waals surface area contributed by atoms with Crippen LogP contribution in [0, 0.1) is 5.92 Å². The molecule has 0 saturated heterocycles.